The zero-order chi connectivity index (χ0) is 13.8. The SMILES string of the molecule is CNCC1CCCN(CC2CCCc3ccccc32)C1. The molecule has 2 unspecified atom stereocenters. The first-order valence-electron chi connectivity index (χ1n) is 8.31. The van der Waals surface area contributed by atoms with Gasteiger partial charge in [-0.2, -0.15) is 0 Å². The van der Waals surface area contributed by atoms with Crippen LogP contribution < -0.4 is 5.32 Å². The van der Waals surface area contributed by atoms with Crippen molar-refractivity contribution >= 4 is 0 Å². The van der Waals surface area contributed by atoms with Gasteiger partial charge in [0.25, 0.3) is 0 Å². The summed E-state index contributed by atoms with van der Waals surface area (Å²) in [5, 5.41) is 3.35. The Balaban J connectivity index is 1.63. The van der Waals surface area contributed by atoms with Crippen LogP contribution >= 0.6 is 0 Å². The van der Waals surface area contributed by atoms with Crippen LogP contribution in [0.2, 0.25) is 0 Å². The quantitative estimate of drug-likeness (QED) is 0.906. The predicted molar refractivity (Wildman–Crippen MR) is 85.2 cm³/mol. The zero-order valence-corrected chi connectivity index (χ0v) is 12.8. The van der Waals surface area contributed by atoms with Gasteiger partial charge in [0, 0.05) is 13.1 Å². The molecule has 2 atom stereocenters. The molecule has 3 rings (SSSR count). The third-order valence-corrected chi connectivity index (χ3v) is 5.07. The molecule has 110 valence electrons. The molecule has 1 aromatic carbocycles. The summed E-state index contributed by atoms with van der Waals surface area (Å²) in [6.07, 6.45) is 6.81. The van der Waals surface area contributed by atoms with Crippen LogP contribution in [0.4, 0.5) is 0 Å². The Morgan fingerprint density at radius 2 is 2.10 bits per heavy atom. The van der Waals surface area contributed by atoms with Crippen LogP contribution in [0.3, 0.4) is 0 Å². The van der Waals surface area contributed by atoms with Gasteiger partial charge in [-0.05, 0) is 75.2 Å². The average molecular weight is 272 g/mol. The van der Waals surface area contributed by atoms with Crippen molar-refractivity contribution in [1.29, 1.82) is 0 Å². The Kier molecular flexibility index (Phi) is 4.74. The van der Waals surface area contributed by atoms with E-state index in [2.05, 4.69) is 41.5 Å². The van der Waals surface area contributed by atoms with E-state index in [0.717, 1.165) is 11.8 Å². The second kappa shape index (κ2) is 6.73. The highest BCUT2D eigenvalue weighted by atomic mass is 15.1. The van der Waals surface area contributed by atoms with Crippen LogP contribution in [-0.2, 0) is 6.42 Å². The molecule has 2 nitrogen and oxygen atoms in total. The van der Waals surface area contributed by atoms with Gasteiger partial charge >= 0.3 is 0 Å². The van der Waals surface area contributed by atoms with Crippen LogP contribution in [0.1, 0.15) is 42.7 Å². The summed E-state index contributed by atoms with van der Waals surface area (Å²) >= 11 is 0. The van der Waals surface area contributed by atoms with E-state index >= 15 is 0 Å². The van der Waals surface area contributed by atoms with Crippen molar-refractivity contribution in [3.63, 3.8) is 0 Å². The number of benzene rings is 1. The summed E-state index contributed by atoms with van der Waals surface area (Å²) in [5.74, 6) is 1.63. The molecule has 1 fully saturated rings. The second-order valence-electron chi connectivity index (χ2n) is 6.61. The van der Waals surface area contributed by atoms with E-state index in [-0.39, 0.29) is 0 Å². The summed E-state index contributed by atoms with van der Waals surface area (Å²) in [5.41, 5.74) is 3.24. The van der Waals surface area contributed by atoms with E-state index in [1.165, 1.54) is 58.3 Å². The fraction of sp³-hybridized carbons (Fsp3) is 0.667. The molecule has 0 radical (unpaired) electrons. The lowest BCUT2D eigenvalue weighted by Crippen LogP contribution is -2.41. The lowest BCUT2D eigenvalue weighted by atomic mass is 9.82. The lowest BCUT2D eigenvalue weighted by Gasteiger charge is -2.36. The summed E-state index contributed by atoms with van der Waals surface area (Å²) in [6.45, 7) is 5.05. The number of likely N-dealkylation sites (tertiary alicyclic amines) is 1. The molecule has 1 saturated heterocycles. The number of hydrogen-bond acceptors (Lipinski definition) is 2. The number of aryl methyl sites for hydroxylation is 1. The summed E-state index contributed by atoms with van der Waals surface area (Å²) in [4.78, 5) is 2.72. The van der Waals surface area contributed by atoms with Gasteiger partial charge in [-0.25, -0.2) is 0 Å². The van der Waals surface area contributed by atoms with Crippen molar-refractivity contribution in [2.45, 2.75) is 38.0 Å². The van der Waals surface area contributed by atoms with Gasteiger partial charge in [-0.3, -0.25) is 0 Å². The number of fused-ring (bicyclic) bond motifs is 1. The predicted octanol–water partition coefficient (Wildman–Crippen LogP) is 3.04. The zero-order valence-electron chi connectivity index (χ0n) is 12.8. The summed E-state index contributed by atoms with van der Waals surface area (Å²) in [7, 11) is 2.08. The molecule has 0 saturated carbocycles. The molecule has 1 aromatic rings. The molecule has 1 heterocycles. The minimum Gasteiger partial charge on any atom is -0.319 e. The highest BCUT2D eigenvalue weighted by molar-refractivity contribution is 5.32. The minimum atomic E-state index is 0.772. The van der Waals surface area contributed by atoms with Crippen molar-refractivity contribution in [3.8, 4) is 0 Å². The van der Waals surface area contributed by atoms with Crippen molar-refractivity contribution in [2.75, 3.05) is 33.2 Å². The summed E-state index contributed by atoms with van der Waals surface area (Å²) < 4.78 is 0. The molecular formula is C18H28N2. The fourth-order valence-electron chi connectivity index (χ4n) is 4.13. The van der Waals surface area contributed by atoms with E-state index in [1.54, 1.807) is 11.1 Å². The van der Waals surface area contributed by atoms with E-state index in [1.807, 2.05) is 0 Å². The highest BCUT2D eigenvalue weighted by Gasteiger charge is 2.25. The maximum absolute atomic E-state index is 3.35. The van der Waals surface area contributed by atoms with E-state index in [0.29, 0.717) is 0 Å². The number of rotatable bonds is 4. The number of nitrogens with zero attached hydrogens (tertiary/aromatic N) is 1. The summed E-state index contributed by atoms with van der Waals surface area (Å²) in [6, 6.07) is 9.12. The number of hydrogen-bond donors (Lipinski definition) is 1. The molecule has 2 heteroatoms. The standard InChI is InChI=1S/C18H28N2/c1-19-12-15-6-5-11-20(13-15)14-17-9-4-8-16-7-2-3-10-18(16)17/h2-3,7,10,15,17,19H,4-6,8-9,11-14H2,1H3. The van der Waals surface area contributed by atoms with Crippen LogP contribution in [-0.4, -0.2) is 38.1 Å². The van der Waals surface area contributed by atoms with Gasteiger partial charge in [0.05, 0.1) is 0 Å². The van der Waals surface area contributed by atoms with Gasteiger partial charge in [0.1, 0.15) is 0 Å². The van der Waals surface area contributed by atoms with Crippen molar-refractivity contribution in [1.82, 2.24) is 10.2 Å². The largest absolute Gasteiger partial charge is 0.319 e. The smallest absolute Gasteiger partial charge is 0.00505 e. The lowest BCUT2D eigenvalue weighted by molar-refractivity contribution is 0.161. The van der Waals surface area contributed by atoms with Gasteiger partial charge in [-0.15, -0.1) is 0 Å². The van der Waals surface area contributed by atoms with Gasteiger partial charge < -0.3 is 10.2 Å². The third-order valence-electron chi connectivity index (χ3n) is 5.07. The van der Waals surface area contributed by atoms with Crippen LogP contribution in [0.15, 0.2) is 24.3 Å². The van der Waals surface area contributed by atoms with Crippen molar-refractivity contribution in [3.05, 3.63) is 35.4 Å². The topological polar surface area (TPSA) is 15.3 Å². The van der Waals surface area contributed by atoms with Gasteiger partial charge in [-0.1, -0.05) is 24.3 Å². The second-order valence-corrected chi connectivity index (χ2v) is 6.61. The van der Waals surface area contributed by atoms with Gasteiger partial charge in [0.15, 0.2) is 0 Å². The van der Waals surface area contributed by atoms with Crippen LogP contribution in [0.25, 0.3) is 0 Å². The Labute approximate surface area is 123 Å². The fourth-order valence-corrected chi connectivity index (χ4v) is 4.13. The Bertz CT molecular complexity index is 427. The average Bonchev–Trinajstić information content (AvgIpc) is 2.48. The molecule has 0 bridgehead atoms. The first kappa shape index (κ1) is 14.1. The molecule has 1 N–H and O–H groups in total. The molecule has 1 aliphatic heterocycles. The molecule has 0 amide bonds. The molecule has 0 aromatic heterocycles. The first-order valence-corrected chi connectivity index (χ1v) is 8.31. The number of nitrogens with one attached hydrogen (secondary N) is 1. The third kappa shape index (κ3) is 3.24. The van der Waals surface area contributed by atoms with Crippen LogP contribution in [0.5, 0.6) is 0 Å². The molecular weight excluding hydrogens is 244 g/mol. The molecule has 2 aliphatic rings. The minimum absolute atomic E-state index is 0.772. The van der Waals surface area contributed by atoms with Crippen molar-refractivity contribution < 1.29 is 0 Å². The molecule has 1 aliphatic carbocycles. The van der Waals surface area contributed by atoms with Gasteiger partial charge in [0.2, 0.25) is 0 Å². The van der Waals surface area contributed by atoms with E-state index in [4.69, 9.17) is 0 Å². The Morgan fingerprint density at radius 3 is 3.00 bits per heavy atom. The normalized spacial score (nSPS) is 27.2. The van der Waals surface area contributed by atoms with E-state index < -0.39 is 0 Å². The molecule has 20 heavy (non-hydrogen) atoms. The maximum atomic E-state index is 3.35. The maximum Gasteiger partial charge on any atom is 0.00505 e. The van der Waals surface area contributed by atoms with E-state index in [9.17, 15) is 0 Å². The monoisotopic (exact) mass is 272 g/mol. The van der Waals surface area contributed by atoms with Crippen LogP contribution in [0, 0.1) is 5.92 Å². The molecule has 0 spiro atoms. The highest BCUT2D eigenvalue weighted by Crippen LogP contribution is 2.32. The number of piperidine rings is 1. The first-order chi connectivity index (χ1) is 9.86. The Hall–Kier alpha value is -0.860. The Morgan fingerprint density at radius 1 is 1.20 bits per heavy atom. The van der Waals surface area contributed by atoms with Crippen molar-refractivity contribution in [2.24, 2.45) is 5.92 Å².